The molecule has 0 aromatic carbocycles. The molecule has 4 rings (SSSR count). The van der Waals surface area contributed by atoms with Crippen LogP contribution in [0.2, 0.25) is 0 Å². The maximum absolute atomic E-state index is 5.74. The highest BCUT2D eigenvalue weighted by Crippen LogP contribution is 2.28. The van der Waals surface area contributed by atoms with E-state index in [0.29, 0.717) is 12.2 Å². The van der Waals surface area contributed by atoms with E-state index in [1.54, 1.807) is 12.4 Å². The summed E-state index contributed by atoms with van der Waals surface area (Å²) in [6.45, 7) is 0.606. The van der Waals surface area contributed by atoms with Crippen LogP contribution in [0.15, 0.2) is 61.1 Å². The number of nitrogen functional groups attached to an aromatic ring is 1. The van der Waals surface area contributed by atoms with Gasteiger partial charge in [-0.3, -0.25) is 9.97 Å². The number of nitrogens with zero attached hydrogens (tertiary/aromatic N) is 3. The number of fused-ring (bicyclic) bond motifs is 1. The number of hydrogen-bond donors (Lipinski definition) is 3. The zero-order chi connectivity index (χ0) is 16.4. The van der Waals surface area contributed by atoms with E-state index in [2.05, 4.69) is 25.3 Å². The smallest absolute Gasteiger partial charge is 0.140 e. The van der Waals surface area contributed by atoms with Crippen molar-refractivity contribution in [3.63, 3.8) is 0 Å². The second-order valence-corrected chi connectivity index (χ2v) is 5.45. The van der Waals surface area contributed by atoms with Gasteiger partial charge in [-0.2, -0.15) is 0 Å². The third-order valence-electron chi connectivity index (χ3n) is 3.77. The van der Waals surface area contributed by atoms with Gasteiger partial charge >= 0.3 is 0 Å². The van der Waals surface area contributed by atoms with Crippen molar-refractivity contribution in [1.29, 1.82) is 0 Å². The summed E-state index contributed by atoms with van der Waals surface area (Å²) in [6.07, 6.45) is 5.32. The molecule has 0 atom stereocenters. The molecule has 4 aromatic heterocycles. The van der Waals surface area contributed by atoms with Crippen molar-refractivity contribution in [2.24, 2.45) is 0 Å². The number of H-pyrrole nitrogens is 1. The quantitative estimate of drug-likeness (QED) is 0.537. The summed E-state index contributed by atoms with van der Waals surface area (Å²) >= 11 is 0. The maximum Gasteiger partial charge on any atom is 0.140 e. The van der Waals surface area contributed by atoms with Crippen LogP contribution < -0.4 is 11.1 Å². The molecule has 0 aliphatic rings. The van der Waals surface area contributed by atoms with Gasteiger partial charge in [0.05, 0.1) is 29.8 Å². The van der Waals surface area contributed by atoms with Gasteiger partial charge in [-0.05, 0) is 36.4 Å². The molecule has 6 nitrogen and oxygen atoms in total. The number of pyridine rings is 3. The number of nitrogens with one attached hydrogen (secondary N) is 2. The van der Waals surface area contributed by atoms with Crippen molar-refractivity contribution in [2.45, 2.75) is 6.54 Å². The van der Waals surface area contributed by atoms with Crippen molar-refractivity contribution in [1.82, 2.24) is 19.9 Å². The minimum absolute atomic E-state index is 0.606. The van der Waals surface area contributed by atoms with Gasteiger partial charge in [-0.1, -0.05) is 6.07 Å². The SMILES string of the molecule is Nc1ccc(-c2cc(NCc3ccccn3)nc3[nH]ccc23)nc1. The monoisotopic (exact) mass is 316 g/mol. The molecule has 0 saturated heterocycles. The maximum atomic E-state index is 5.74. The molecule has 6 heteroatoms. The molecule has 0 spiro atoms. The predicted octanol–water partition coefficient (Wildman–Crippen LogP) is 3.21. The summed E-state index contributed by atoms with van der Waals surface area (Å²) in [6, 6.07) is 13.6. The van der Waals surface area contributed by atoms with Crippen molar-refractivity contribution in [2.75, 3.05) is 11.1 Å². The van der Waals surface area contributed by atoms with Crippen molar-refractivity contribution >= 4 is 22.5 Å². The number of anilines is 2. The Morgan fingerprint density at radius 1 is 1.08 bits per heavy atom. The molecular weight excluding hydrogens is 300 g/mol. The normalized spacial score (nSPS) is 10.8. The van der Waals surface area contributed by atoms with Crippen LogP contribution in [0.4, 0.5) is 11.5 Å². The lowest BCUT2D eigenvalue weighted by atomic mass is 10.1. The predicted molar refractivity (Wildman–Crippen MR) is 95.3 cm³/mol. The Morgan fingerprint density at radius 2 is 2.04 bits per heavy atom. The summed E-state index contributed by atoms with van der Waals surface area (Å²) in [5, 5.41) is 4.34. The van der Waals surface area contributed by atoms with E-state index in [0.717, 1.165) is 33.8 Å². The minimum Gasteiger partial charge on any atom is -0.397 e. The molecule has 4 N–H and O–H groups in total. The summed E-state index contributed by atoms with van der Waals surface area (Å²) in [5.74, 6) is 0.768. The Kier molecular flexibility index (Phi) is 3.55. The highest BCUT2D eigenvalue weighted by molar-refractivity contribution is 5.93. The summed E-state index contributed by atoms with van der Waals surface area (Å²) in [4.78, 5) is 16.5. The van der Waals surface area contributed by atoms with E-state index in [9.17, 15) is 0 Å². The minimum atomic E-state index is 0.606. The Morgan fingerprint density at radius 3 is 2.83 bits per heavy atom. The number of aromatic amines is 1. The van der Waals surface area contributed by atoms with Gasteiger partial charge in [-0.25, -0.2) is 4.98 Å². The standard InChI is InChI=1S/C18H16N6/c19-12-4-5-16(22-10-12)15-9-17(24-18-14(15)6-8-21-18)23-11-13-3-1-2-7-20-13/h1-10H,11,19H2,(H2,21,23,24). The fraction of sp³-hybridized carbons (Fsp3) is 0.0556. The fourth-order valence-corrected chi connectivity index (χ4v) is 2.59. The number of nitrogens with two attached hydrogens (primary N) is 1. The van der Waals surface area contributed by atoms with Crippen molar-refractivity contribution in [3.05, 3.63) is 66.7 Å². The highest BCUT2D eigenvalue weighted by Gasteiger charge is 2.10. The Bertz CT molecular complexity index is 960. The number of rotatable bonds is 4. The second kappa shape index (κ2) is 6.00. The van der Waals surface area contributed by atoms with Crippen LogP contribution in [0.5, 0.6) is 0 Å². The van der Waals surface area contributed by atoms with E-state index >= 15 is 0 Å². The van der Waals surface area contributed by atoms with Gasteiger partial charge in [0.25, 0.3) is 0 Å². The third kappa shape index (κ3) is 2.77. The van der Waals surface area contributed by atoms with Crippen molar-refractivity contribution in [3.8, 4) is 11.3 Å². The molecule has 4 heterocycles. The van der Waals surface area contributed by atoms with E-state index in [4.69, 9.17) is 5.73 Å². The number of hydrogen-bond acceptors (Lipinski definition) is 5. The van der Waals surface area contributed by atoms with Crippen LogP contribution in [-0.4, -0.2) is 19.9 Å². The lowest BCUT2D eigenvalue weighted by molar-refractivity contribution is 1.03. The number of aromatic nitrogens is 4. The van der Waals surface area contributed by atoms with E-state index < -0.39 is 0 Å². The van der Waals surface area contributed by atoms with Gasteiger partial charge in [0.1, 0.15) is 11.5 Å². The largest absolute Gasteiger partial charge is 0.397 e. The van der Waals surface area contributed by atoms with E-state index in [1.807, 2.05) is 48.7 Å². The molecule has 0 aliphatic heterocycles. The molecule has 118 valence electrons. The first-order valence-corrected chi connectivity index (χ1v) is 7.63. The van der Waals surface area contributed by atoms with E-state index in [-0.39, 0.29) is 0 Å². The molecule has 24 heavy (non-hydrogen) atoms. The molecule has 4 aromatic rings. The van der Waals surface area contributed by atoms with E-state index in [1.165, 1.54) is 0 Å². The zero-order valence-corrected chi connectivity index (χ0v) is 12.9. The van der Waals surface area contributed by atoms with Gasteiger partial charge in [0.2, 0.25) is 0 Å². The van der Waals surface area contributed by atoms with Crippen LogP contribution in [0, 0.1) is 0 Å². The van der Waals surface area contributed by atoms with Crippen LogP contribution in [0.3, 0.4) is 0 Å². The third-order valence-corrected chi connectivity index (χ3v) is 3.77. The van der Waals surface area contributed by atoms with Gasteiger partial charge in [0.15, 0.2) is 0 Å². The Balaban J connectivity index is 1.71. The average molecular weight is 316 g/mol. The first-order chi connectivity index (χ1) is 11.8. The van der Waals surface area contributed by atoms with Gasteiger partial charge in [-0.15, -0.1) is 0 Å². The Labute approximate surface area is 138 Å². The van der Waals surface area contributed by atoms with Crippen LogP contribution in [0.25, 0.3) is 22.3 Å². The molecule has 0 amide bonds. The zero-order valence-electron chi connectivity index (χ0n) is 12.9. The Hall–Kier alpha value is -3.41. The average Bonchev–Trinajstić information content (AvgIpc) is 3.09. The first kappa shape index (κ1) is 14.2. The molecule has 0 fully saturated rings. The van der Waals surface area contributed by atoms with Crippen LogP contribution in [-0.2, 0) is 6.54 Å². The summed E-state index contributed by atoms with van der Waals surface area (Å²) in [7, 11) is 0. The summed E-state index contributed by atoms with van der Waals surface area (Å²) in [5.41, 5.74) is 10.0. The first-order valence-electron chi connectivity index (χ1n) is 7.63. The van der Waals surface area contributed by atoms with Crippen LogP contribution >= 0.6 is 0 Å². The highest BCUT2D eigenvalue weighted by atomic mass is 15.0. The molecule has 0 saturated carbocycles. The topological polar surface area (TPSA) is 92.5 Å². The fourth-order valence-electron chi connectivity index (χ4n) is 2.59. The molecule has 0 bridgehead atoms. The van der Waals surface area contributed by atoms with Crippen LogP contribution in [0.1, 0.15) is 5.69 Å². The summed E-state index contributed by atoms with van der Waals surface area (Å²) < 4.78 is 0. The lowest BCUT2D eigenvalue weighted by Crippen LogP contribution is -2.03. The molecule has 0 unspecified atom stereocenters. The lowest BCUT2D eigenvalue weighted by Gasteiger charge is -2.09. The molecule has 0 aliphatic carbocycles. The van der Waals surface area contributed by atoms with Crippen molar-refractivity contribution < 1.29 is 0 Å². The van der Waals surface area contributed by atoms with Gasteiger partial charge < -0.3 is 16.0 Å². The van der Waals surface area contributed by atoms with Gasteiger partial charge in [0, 0.05) is 23.3 Å². The second-order valence-electron chi connectivity index (χ2n) is 5.45. The molecular formula is C18H16N6. The molecule has 0 radical (unpaired) electrons.